The minimum absolute atomic E-state index is 0. The zero-order chi connectivity index (χ0) is 43.5. The summed E-state index contributed by atoms with van der Waals surface area (Å²) in [6, 6.07) is 8.15. The Hall–Kier alpha value is -1.26. The minimum atomic E-state index is -9.19. The Bertz CT molecular complexity index is 1800. The van der Waals surface area contributed by atoms with Crippen molar-refractivity contribution < 1.29 is 56.2 Å². The number of halogens is 16. The van der Waals surface area contributed by atoms with Crippen LogP contribution in [0.25, 0.3) is 0 Å². The van der Waals surface area contributed by atoms with Crippen LogP contribution in [0.5, 0.6) is 0 Å². The van der Waals surface area contributed by atoms with Gasteiger partial charge in [0.05, 0.1) is 20.1 Å². The number of rotatable bonds is 7. The van der Waals surface area contributed by atoms with Gasteiger partial charge in [-0.05, 0) is 48.2 Å². The molecule has 0 radical (unpaired) electrons. The fraction of sp³-hybridized carbons (Fsp3) is 0.500. The van der Waals surface area contributed by atoms with Gasteiger partial charge in [-0.3, -0.25) is 0 Å². The molecule has 6 nitrogen and oxygen atoms in total. The van der Waals surface area contributed by atoms with E-state index < -0.39 is 40.6 Å². The number of anilines is 2. The van der Waals surface area contributed by atoms with Crippen LogP contribution in [0.2, 0.25) is 20.1 Å². The summed E-state index contributed by atoms with van der Waals surface area (Å²) >= 11 is 7.90. The molecular formula is C36H44Cl4F12N4O2Sb2. The SMILES string of the molecule is CC1(C)C(=CC=[N+]2CCOCC2)N(CCCCN2C(=CC=[N+]3CCOCC3)C(C)(C)c3cc(Cl)c(Cl)cc32)c2cc(Cl)c(Cl)cc21.[F-].[F-].[F][Sb]([F])([F])([F])[F].[F][Sb]([F])([F])([F])[F]. The predicted molar refractivity (Wildman–Crippen MR) is 215 cm³/mol. The molecule has 0 amide bonds. The molecule has 0 aliphatic carbocycles. The van der Waals surface area contributed by atoms with Gasteiger partial charge in [0, 0.05) is 58.8 Å². The van der Waals surface area contributed by atoms with Crippen LogP contribution in [0.1, 0.15) is 51.7 Å². The molecule has 0 bridgehead atoms. The van der Waals surface area contributed by atoms with Gasteiger partial charge in [0.2, 0.25) is 0 Å². The van der Waals surface area contributed by atoms with Crippen LogP contribution in [0.3, 0.4) is 0 Å². The second-order valence-corrected chi connectivity index (χ2v) is 23.7. The molecule has 0 unspecified atom stereocenters. The van der Waals surface area contributed by atoms with E-state index in [1.54, 1.807) is 0 Å². The van der Waals surface area contributed by atoms with Gasteiger partial charge in [-0.1, -0.05) is 74.1 Å². The molecule has 6 rings (SSSR count). The van der Waals surface area contributed by atoms with Gasteiger partial charge >= 0.3 is 68.7 Å². The summed E-state index contributed by atoms with van der Waals surface area (Å²) < 4.78 is 115. The van der Waals surface area contributed by atoms with Gasteiger partial charge in [0.15, 0.2) is 38.6 Å². The number of fused-ring (bicyclic) bond motifs is 2. The van der Waals surface area contributed by atoms with E-state index in [0.29, 0.717) is 20.1 Å². The summed E-state index contributed by atoms with van der Waals surface area (Å²) in [4.78, 5) is 4.88. The average molecular weight is 1180 g/mol. The first-order valence-electron chi connectivity index (χ1n) is 18.0. The Kier molecular flexibility index (Phi) is 18.9. The van der Waals surface area contributed by atoms with Crippen molar-refractivity contribution in [1.82, 2.24) is 0 Å². The maximum absolute atomic E-state index is 9.91. The molecule has 24 heteroatoms. The third-order valence-electron chi connectivity index (χ3n) is 9.86. The van der Waals surface area contributed by atoms with E-state index in [2.05, 4.69) is 71.2 Å². The molecular weight excluding hydrogens is 1130 g/mol. The van der Waals surface area contributed by atoms with Gasteiger partial charge < -0.3 is 28.7 Å². The molecule has 0 N–H and O–H groups in total. The Morgan fingerprint density at radius 3 is 1.10 bits per heavy atom. The summed E-state index contributed by atoms with van der Waals surface area (Å²) in [5.74, 6) is 0. The molecule has 4 aliphatic rings. The topological polar surface area (TPSA) is 31.0 Å². The van der Waals surface area contributed by atoms with Crippen LogP contribution in [-0.4, -0.2) is 128 Å². The van der Waals surface area contributed by atoms with Crippen LogP contribution in [0.4, 0.5) is 39.5 Å². The van der Waals surface area contributed by atoms with Crippen molar-refractivity contribution in [2.24, 2.45) is 0 Å². The number of unbranched alkanes of at least 4 members (excludes halogenated alkanes) is 1. The van der Waals surface area contributed by atoms with Gasteiger partial charge in [0.25, 0.3) is 0 Å². The molecule has 0 saturated carbocycles. The molecule has 4 heterocycles. The van der Waals surface area contributed by atoms with E-state index in [0.717, 1.165) is 89.9 Å². The number of hydrogen-bond donors (Lipinski definition) is 0. The van der Waals surface area contributed by atoms with Crippen molar-refractivity contribution in [1.29, 1.82) is 0 Å². The van der Waals surface area contributed by atoms with Gasteiger partial charge in [-0.2, -0.15) is 0 Å². The van der Waals surface area contributed by atoms with Crippen LogP contribution >= 0.6 is 46.4 Å². The molecule has 342 valence electrons. The van der Waals surface area contributed by atoms with E-state index in [4.69, 9.17) is 55.9 Å². The number of allylic oxidation sites excluding steroid dienone is 4. The van der Waals surface area contributed by atoms with Crippen molar-refractivity contribution in [2.45, 2.75) is 51.4 Å². The molecule has 0 spiro atoms. The van der Waals surface area contributed by atoms with Crippen molar-refractivity contribution in [2.75, 3.05) is 75.5 Å². The van der Waals surface area contributed by atoms with Crippen molar-refractivity contribution >= 4 is 111 Å². The molecule has 60 heavy (non-hydrogen) atoms. The van der Waals surface area contributed by atoms with Gasteiger partial charge in [-0.25, -0.2) is 9.15 Å². The summed E-state index contributed by atoms with van der Waals surface area (Å²) in [5, 5.41) is 2.35. The van der Waals surface area contributed by atoms with Crippen molar-refractivity contribution in [3.05, 3.63) is 79.0 Å². The zero-order valence-corrected chi connectivity index (χ0v) is 40.8. The summed E-state index contributed by atoms with van der Waals surface area (Å²) in [6.07, 6.45) is 11.0. The second-order valence-electron chi connectivity index (χ2n) is 14.8. The fourth-order valence-corrected chi connectivity index (χ4v) is 7.80. The van der Waals surface area contributed by atoms with Crippen LogP contribution in [-0.2, 0) is 20.3 Å². The maximum atomic E-state index is 9.91. The quantitative estimate of drug-likeness (QED) is 0.161. The second kappa shape index (κ2) is 20.7. The van der Waals surface area contributed by atoms with E-state index in [-0.39, 0.29) is 20.2 Å². The number of ether oxygens (including phenoxy) is 2. The number of nitrogens with zero attached hydrogens (tertiary/aromatic N) is 4. The molecule has 0 aromatic heterocycles. The number of hydrogen-bond acceptors (Lipinski definition) is 4. The average Bonchev–Trinajstić information content (AvgIpc) is 3.40. The first kappa shape index (κ1) is 54.9. The first-order chi connectivity index (χ1) is 26.5. The van der Waals surface area contributed by atoms with E-state index in [1.807, 2.05) is 24.3 Å². The normalized spacial score (nSPS) is 20.8. The van der Waals surface area contributed by atoms with Crippen LogP contribution in [0, 0.1) is 0 Å². The summed E-state index contributed by atoms with van der Waals surface area (Å²) in [5.41, 5.74) is 6.75. The molecule has 2 aromatic rings. The van der Waals surface area contributed by atoms with E-state index >= 15 is 0 Å². The van der Waals surface area contributed by atoms with Crippen LogP contribution < -0.4 is 19.2 Å². The standard InChI is InChI=1S/C36H44Cl4N4O2.12FH.2Sb/c1-35(2)25-21-27(37)29(39)23-31(25)43(33(35)7-11-41-13-17-45-18-14-41)9-5-6-10-44-32-24-30(40)28(38)22-26(32)36(3,4)34(44)8-12-42-15-19-46-20-16-42;;;;;;;;;;;;;;/h7-8,11-12,21-24H,5-6,9-10,13-20H2,1-4H3;12*1H;;/q+2;;;;;;;;;;;;;2*+5/p-12. The molecule has 2 fully saturated rings. The third kappa shape index (κ3) is 16.4. The molecule has 2 aromatic carbocycles. The number of benzene rings is 2. The van der Waals surface area contributed by atoms with Gasteiger partial charge in [0.1, 0.15) is 26.4 Å². The molecule has 2 saturated heterocycles. The Labute approximate surface area is 370 Å². The van der Waals surface area contributed by atoms with Crippen molar-refractivity contribution in [3.63, 3.8) is 0 Å². The Morgan fingerprint density at radius 2 is 0.817 bits per heavy atom. The number of morpholine rings is 2. The molecule has 4 aliphatic heterocycles. The summed E-state index contributed by atoms with van der Waals surface area (Å²) in [7, 11) is 0. The summed E-state index contributed by atoms with van der Waals surface area (Å²) in [6.45, 7) is 17.4. The molecule has 0 atom stereocenters. The zero-order valence-electron chi connectivity index (χ0n) is 32.7. The first-order valence-corrected chi connectivity index (χ1v) is 29.1. The monoisotopic (exact) mass is 1170 g/mol. The predicted octanol–water partition coefficient (Wildman–Crippen LogP) is 5.42. The Balaban J connectivity index is 0.000000778. The fourth-order valence-electron chi connectivity index (χ4n) is 7.15. The van der Waals surface area contributed by atoms with Crippen molar-refractivity contribution in [3.8, 4) is 0 Å². The van der Waals surface area contributed by atoms with E-state index in [1.165, 1.54) is 22.5 Å². The van der Waals surface area contributed by atoms with E-state index in [9.17, 15) is 28.1 Å². The third-order valence-corrected chi connectivity index (χ3v) is 11.3. The Morgan fingerprint density at radius 1 is 0.550 bits per heavy atom. The van der Waals surface area contributed by atoms with Gasteiger partial charge in [-0.15, -0.1) is 0 Å². The van der Waals surface area contributed by atoms with Crippen LogP contribution in [0.15, 0.2) is 47.8 Å².